The molecule has 0 bridgehead atoms. The second-order valence-corrected chi connectivity index (χ2v) is 12.7. The standard InChI is InChI=1S/C26H36N2O3S/c1-17-4-7-20(8-5-17)32(30,31)28-27-24-11-10-22-21-9-6-18-16-19(29)12-14-25(18,2)23(21)13-15-26(22,24)3/h4-8,11,19,21-23,27-29H,9-10,12-16H2,1-3H3/t19-,21?,22?,23?,25-,26-/m0/s1. The van der Waals surface area contributed by atoms with Gasteiger partial charge in [0.05, 0.1) is 11.0 Å². The Balaban J connectivity index is 1.32. The van der Waals surface area contributed by atoms with E-state index >= 15 is 0 Å². The van der Waals surface area contributed by atoms with Crippen molar-refractivity contribution in [3.8, 4) is 0 Å². The molecular weight excluding hydrogens is 420 g/mol. The van der Waals surface area contributed by atoms with Gasteiger partial charge in [-0.25, -0.2) is 8.42 Å². The molecular formula is C26H36N2O3S. The van der Waals surface area contributed by atoms with E-state index in [0.717, 1.165) is 56.2 Å². The molecule has 3 N–H and O–H groups in total. The zero-order chi connectivity index (χ0) is 22.7. The summed E-state index contributed by atoms with van der Waals surface area (Å²) in [5.41, 5.74) is 6.84. The number of aliphatic hydroxyl groups is 1. The molecule has 0 amide bonds. The molecule has 1 aromatic carbocycles. The maximum Gasteiger partial charge on any atom is 0.257 e. The normalized spacial score (nSPS) is 38.8. The molecule has 0 heterocycles. The lowest BCUT2D eigenvalue weighted by Gasteiger charge is -2.57. The van der Waals surface area contributed by atoms with Gasteiger partial charge in [-0.2, -0.15) is 0 Å². The Morgan fingerprint density at radius 1 is 0.969 bits per heavy atom. The molecule has 4 aliphatic rings. The number of nitrogens with one attached hydrogen (secondary N) is 2. The van der Waals surface area contributed by atoms with E-state index in [0.29, 0.717) is 17.8 Å². The number of hydrogen-bond acceptors (Lipinski definition) is 4. The van der Waals surface area contributed by atoms with E-state index < -0.39 is 10.0 Å². The fourth-order valence-electron chi connectivity index (χ4n) is 7.30. The molecule has 6 atom stereocenters. The van der Waals surface area contributed by atoms with Crippen LogP contribution in [0.1, 0.15) is 64.4 Å². The van der Waals surface area contributed by atoms with Gasteiger partial charge < -0.3 is 10.5 Å². The van der Waals surface area contributed by atoms with Crippen LogP contribution in [-0.2, 0) is 10.0 Å². The molecule has 4 aliphatic carbocycles. The molecule has 1 aromatic rings. The third-order valence-electron chi connectivity index (χ3n) is 9.31. The number of sulfonamides is 1. The van der Waals surface area contributed by atoms with Crippen molar-refractivity contribution >= 4 is 10.0 Å². The van der Waals surface area contributed by atoms with Crippen molar-refractivity contribution in [2.45, 2.75) is 76.7 Å². The van der Waals surface area contributed by atoms with Crippen LogP contribution < -0.4 is 10.3 Å². The Labute approximate surface area is 192 Å². The fourth-order valence-corrected chi connectivity index (χ4v) is 8.16. The minimum atomic E-state index is -3.62. The Kier molecular flexibility index (Phi) is 5.34. The van der Waals surface area contributed by atoms with Gasteiger partial charge in [0, 0.05) is 11.1 Å². The summed E-state index contributed by atoms with van der Waals surface area (Å²) < 4.78 is 25.6. The summed E-state index contributed by atoms with van der Waals surface area (Å²) in [6.07, 6.45) is 11.6. The lowest BCUT2D eigenvalue weighted by atomic mass is 9.48. The molecule has 0 saturated heterocycles. The summed E-state index contributed by atoms with van der Waals surface area (Å²) >= 11 is 0. The van der Waals surface area contributed by atoms with Gasteiger partial charge in [-0.1, -0.05) is 49.3 Å². The lowest BCUT2D eigenvalue weighted by Crippen LogP contribution is -2.51. The maximum absolute atomic E-state index is 12.8. The lowest BCUT2D eigenvalue weighted by molar-refractivity contribution is -0.0311. The van der Waals surface area contributed by atoms with Crippen LogP contribution in [0.15, 0.2) is 52.6 Å². The van der Waals surface area contributed by atoms with E-state index in [-0.39, 0.29) is 21.8 Å². The monoisotopic (exact) mass is 456 g/mol. The van der Waals surface area contributed by atoms with Gasteiger partial charge in [-0.15, -0.1) is 4.83 Å². The summed E-state index contributed by atoms with van der Waals surface area (Å²) in [5, 5.41) is 10.2. The first-order valence-corrected chi connectivity index (χ1v) is 13.5. The largest absolute Gasteiger partial charge is 0.393 e. The molecule has 3 unspecified atom stereocenters. The summed E-state index contributed by atoms with van der Waals surface area (Å²) in [5.74, 6) is 1.79. The predicted octanol–water partition coefficient (Wildman–Crippen LogP) is 4.60. The van der Waals surface area contributed by atoms with E-state index in [2.05, 4.69) is 36.3 Å². The van der Waals surface area contributed by atoms with Gasteiger partial charge >= 0.3 is 0 Å². The third-order valence-corrected chi connectivity index (χ3v) is 10.6. The van der Waals surface area contributed by atoms with Gasteiger partial charge in [-0.3, -0.25) is 0 Å². The predicted molar refractivity (Wildman–Crippen MR) is 126 cm³/mol. The number of aliphatic hydroxyl groups excluding tert-OH is 1. The van der Waals surface area contributed by atoms with Crippen LogP contribution in [0.5, 0.6) is 0 Å². The third kappa shape index (κ3) is 3.46. The van der Waals surface area contributed by atoms with Crippen molar-refractivity contribution in [3.05, 3.63) is 53.3 Å². The number of hydrazine groups is 1. The number of fused-ring (bicyclic) bond motifs is 5. The van der Waals surface area contributed by atoms with Crippen LogP contribution in [-0.4, -0.2) is 19.6 Å². The van der Waals surface area contributed by atoms with Crippen molar-refractivity contribution < 1.29 is 13.5 Å². The molecule has 5 nitrogen and oxygen atoms in total. The van der Waals surface area contributed by atoms with E-state index in [9.17, 15) is 13.5 Å². The van der Waals surface area contributed by atoms with Crippen molar-refractivity contribution in [1.82, 2.24) is 10.3 Å². The molecule has 32 heavy (non-hydrogen) atoms. The molecule has 6 heteroatoms. The smallest absolute Gasteiger partial charge is 0.257 e. The Morgan fingerprint density at radius 3 is 2.44 bits per heavy atom. The molecule has 0 aromatic heterocycles. The van der Waals surface area contributed by atoms with Gasteiger partial charge in [-0.05, 0) is 87.2 Å². The highest BCUT2D eigenvalue weighted by molar-refractivity contribution is 7.89. The van der Waals surface area contributed by atoms with Gasteiger partial charge in [0.1, 0.15) is 0 Å². The summed E-state index contributed by atoms with van der Waals surface area (Å²) in [6.45, 7) is 6.69. The first-order chi connectivity index (χ1) is 15.1. The number of hydrogen-bond donors (Lipinski definition) is 3. The van der Waals surface area contributed by atoms with Crippen LogP contribution in [0.2, 0.25) is 0 Å². The zero-order valence-electron chi connectivity index (χ0n) is 19.4. The van der Waals surface area contributed by atoms with Crippen LogP contribution in [0.4, 0.5) is 0 Å². The molecule has 0 radical (unpaired) electrons. The molecule has 174 valence electrons. The van der Waals surface area contributed by atoms with Crippen LogP contribution in [0.25, 0.3) is 0 Å². The number of aryl methyl sites for hydroxylation is 1. The first-order valence-electron chi connectivity index (χ1n) is 12.1. The Morgan fingerprint density at radius 2 is 1.69 bits per heavy atom. The summed E-state index contributed by atoms with van der Waals surface area (Å²) in [4.78, 5) is 2.91. The highest BCUT2D eigenvalue weighted by Gasteiger charge is 2.56. The topological polar surface area (TPSA) is 78.4 Å². The number of allylic oxidation sites excluding steroid dienone is 3. The maximum atomic E-state index is 12.8. The summed E-state index contributed by atoms with van der Waals surface area (Å²) in [7, 11) is -3.62. The van der Waals surface area contributed by atoms with Crippen molar-refractivity contribution in [3.63, 3.8) is 0 Å². The number of benzene rings is 1. The average molecular weight is 457 g/mol. The molecule has 0 aliphatic heterocycles. The van der Waals surface area contributed by atoms with Crippen molar-refractivity contribution in [2.75, 3.05) is 0 Å². The van der Waals surface area contributed by atoms with Crippen LogP contribution in [0, 0.1) is 35.5 Å². The SMILES string of the molecule is Cc1ccc(S(=O)(=O)NNC2=CCC3C4CC=C5C[C@@H](O)CC[C@]5(C)C4CC[C@]23C)cc1. The average Bonchev–Trinajstić information content (AvgIpc) is 3.09. The molecule has 2 fully saturated rings. The second-order valence-electron chi connectivity index (χ2n) is 11.0. The van der Waals surface area contributed by atoms with Crippen molar-refractivity contribution in [1.29, 1.82) is 0 Å². The first kappa shape index (κ1) is 22.2. The summed E-state index contributed by atoms with van der Waals surface area (Å²) in [6, 6.07) is 6.92. The van der Waals surface area contributed by atoms with Crippen molar-refractivity contribution in [2.24, 2.45) is 28.6 Å². The molecule has 5 rings (SSSR count). The van der Waals surface area contributed by atoms with E-state index in [1.54, 1.807) is 12.1 Å². The minimum absolute atomic E-state index is 0.0349. The van der Waals surface area contributed by atoms with E-state index in [1.165, 1.54) is 5.57 Å². The Hall–Kier alpha value is -1.63. The zero-order valence-corrected chi connectivity index (χ0v) is 20.2. The minimum Gasteiger partial charge on any atom is -0.393 e. The van der Waals surface area contributed by atoms with E-state index in [1.807, 2.05) is 19.1 Å². The number of rotatable bonds is 4. The van der Waals surface area contributed by atoms with Crippen LogP contribution in [0.3, 0.4) is 0 Å². The highest BCUT2D eigenvalue weighted by Crippen LogP contribution is 2.64. The highest BCUT2D eigenvalue weighted by atomic mass is 32.2. The molecule has 0 spiro atoms. The molecule has 2 saturated carbocycles. The van der Waals surface area contributed by atoms with Gasteiger partial charge in [0.2, 0.25) is 0 Å². The second kappa shape index (κ2) is 7.71. The fraction of sp³-hybridized carbons (Fsp3) is 0.615. The van der Waals surface area contributed by atoms with E-state index in [4.69, 9.17) is 0 Å². The van der Waals surface area contributed by atoms with Gasteiger partial charge in [0.25, 0.3) is 10.0 Å². The van der Waals surface area contributed by atoms with Crippen LogP contribution >= 0.6 is 0 Å². The Bertz CT molecular complexity index is 1060. The van der Waals surface area contributed by atoms with Gasteiger partial charge in [0.15, 0.2) is 0 Å². The quantitative estimate of drug-likeness (QED) is 0.457.